The number of nitrogens with zero attached hydrogens (tertiary/aromatic N) is 3. The molecule has 0 saturated carbocycles. The molecule has 0 aliphatic rings. The standard InChI is InChI=1S/C18H19N3O3/c1-21(14-6-4-3-5-7-14)12-18-19-17(20-24-18)13-23-16-10-8-15(22-2)9-11-16/h3-11H,12-13H2,1-2H3. The van der Waals surface area contributed by atoms with Gasteiger partial charge in [0.05, 0.1) is 13.7 Å². The second-order valence-electron chi connectivity index (χ2n) is 5.26. The van der Waals surface area contributed by atoms with Crippen LogP contribution in [0.1, 0.15) is 11.7 Å². The molecule has 1 heterocycles. The van der Waals surface area contributed by atoms with Gasteiger partial charge in [0.25, 0.3) is 0 Å². The molecule has 6 heteroatoms. The molecule has 0 aliphatic carbocycles. The maximum atomic E-state index is 5.64. The molecule has 0 fully saturated rings. The number of para-hydroxylation sites is 1. The van der Waals surface area contributed by atoms with E-state index in [1.165, 1.54) is 0 Å². The van der Waals surface area contributed by atoms with E-state index in [4.69, 9.17) is 14.0 Å². The smallest absolute Gasteiger partial charge is 0.246 e. The SMILES string of the molecule is COc1ccc(OCc2noc(CN(C)c3ccccc3)n2)cc1. The van der Waals surface area contributed by atoms with Crippen LogP contribution in [0, 0.1) is 0 Å². The Morgan fingerprint density at radius 3 is 2.42 bits per heavy atom. The van der Waals surface area contributed by atoms with E-state index in [-0.39, 0.29) is 6.61 Å². The van der Waals surface area contributed by atoms with Crippen LogP contribution in [0.2, 0.25) is 0 Å². The van der Waals surface area contributed by atoms with Crippen LogP contribution in [0.3, 0.4) is 0 Å². The monoisotopic (exact) mass is 325 g/mol. The molecular formula is C18H19N3O3. The van der Waals surface area contributed by atoms with E-state index < -0.39 is 0 Å². The predicted octanol–water partition coefficient (Wildman–Crippen LogP) is 3.29. The number of anilines is 1. The topological polar surface area (TPSA) is 60.6 Å². The first kappa shape index (κ1) is 15.9. The van der Waals surface area contributed by atoms with Crippen molar-refractivity contribution >= 4 is 5.69 Å². The van der Waals surface area contributed by atoms with Gasteiger partial charge in [-0.1, -0.05) is 23.4 Å². The molecule has 0 unspecified atom stereocenters. The Morgan fingerprint density at radius 2 is 1.71 bits per heavy atom. The first-order chi connectivity index (χ1) is 11.7. The molecule has 2 aromatic carbocycles. The van der Waals surface area contributed by atoms with Crippen LogP contribution < -0.4 is 14.4 Å². The molecule has 0 spiro atoms. The largest absolute Gasteiger partial charge is 0.497 e. The molecule has 0 aliphatic heterocycles. The number of benzene rings is 2. The molecule has 0 N–H and O–H groups in total. The zero-order chi connectivity index (χ0) is 16.8. The Balaban J connectivity index is 1.55. The molecule has 6 nitrogen and oxygen atoms in total. The fourth-order valence-electron chi connectivity index (χ4n) is 2.21. The number of hydrogen-bond acceptors (Lipinski definition) is 6. The van der Waals surface area contributed by atoms with Crippen molar-refractivity contribution in [2.45, 2.75) is 13.2 Å². The lowest BCUT2D eigenvalue weighted by molar-refractivity contribution is 0.284. The predicted molar refractivity (Wildman–Crippen MR) is 90.2 cm³/mol. The van der Waals surface area contributed by atoms with Crippen LogP contribution in [0.25, 0.3) is 0 Å². The van der Waals surface area contributed by atoms with Gasteiger partial charge >= 0.3 is 0 Å². The molecule has 24 heavy (non-hydrogen) atoms. The van der Waals surface area contributed by atoms with E-state index in [2.05, 4.69) is 10.1 Å². The summed E-state index contributed by atoms with van der Waals surface area (Å²) in [4.78, 5) is 6.40. The highest BCUT2D eigenvalue weighted by molar-refractivity contribution is 5.44. The average Bonchev–Trinajstić information content (AvgIpc) is 3.08. The van der Waals surface area contributed by atoms with Crippen molar-refractivity contribution < 1.29 is 14.0 Å². The van der Waals surface area contributed by atoms with E-state index in [0.29, 0.717) is 18.3 Å². The van der Waals surface area contributed by atoms with Crippen molar-refractivity contribution in [2.75, 3.05) is 19.1 Å². The zero-order valence-electron chi connectivity index (χ0n) is 13.7. The van der Waals surface area contributed by atoms with Crippen molar-refractivity contribution in [3.63, 3.8) is 0 Å². The lowest BCUT2D eigenvalue weighted by atomic mass is 10.3. The van der Waals surface area contributed by atoms with E-state index >= 15 is 0 Å². The number of ether oxygens (including phenoxy) is 2. The second-order valence-corrected chi connectivity index (χ2v) is 5.26. The fraction of sp³-hybridized carbons (Fsp3) is 0.222. The maximum absolute atomic E-state index is 5.64. The van der Waals surface area contributed by atoms with Crippen molar-refractivity contribution in [1.29, 1.82) is 0 Å². The molecule has 0 atom stereocenters. The minimum Gasteiger partial charge on any atom is -0.497 e. The van der Waals surface area contributed by atoms with Gasteiger partial charge in [-0.2, -0.15) is 4.98 Å². The van der Waals surface area contributed by atoms with Gasteiger partial charge in [0.1, 0.15) is 11.5 Å². The Kier molecular flexibility index (Phi) is 4.96. The third-order valence-corrected chi connectivity index (χ3v) is 3.51. The molecule has 0 bridgehead atoms. The molecular weight excluding hydrogens is 306 g/mol. The number of hydrogen-bond donors (Lipinski definition) is 0. The Morgan fingerprint density at radius 1 is 1.00 bits per heavy atom. The quantitative estimate of drug-likeness (QED) is 0.664. The van der Waals surface area contributed by atoms with Crippen LogP contribution in [0.4, 0.5) is 5.69 Å². The van der Waals surface area contributed by atoms with Crippen LogP contribution in [-0.4, -0.2) is 24.3 Å². The zero-order valence-corrected chi connectivity index (χ0v) is 13.7. The normalized spacial score (nSPS) is 10.4. The van der Waals surface area contributed by atoms with E-state index in [1.807, 2.05) is 66.5 Å². The third kappa shape index (κ3) is 4.04. The molecule has 124 valence electrons. The summed E-state index contributed by atoms with van der Waals surface area (Å²) >= 11 is 0. The summed E-state index contributed by atoms with van der Waals surface area (Å²) in [5.74, 6) is 2.58. The van der Waals surface area contributed by atoms with Crippen LogP contribution >= 0.6 is 0 Å². The van der Waals surface area contributed by atoms with Crippen LogP contribution in [0.15, 0.2) is 59.1 Å². The molecule has 0 saturated heterocycles. The van der Waals surface area contributed by atoms with Crippen molar-refractivity contribution in [3.05, 3.63) is 66.3 Å². The number of methoxy groups -OCH3 is 1. The highest BCUT2D eigenvalue weighted by Gasteiger charge is 2.10. The summed E-state index contributed by atoms with van der Waals surface area (Å²) < 4.78 is 16.0. The summed E-state index contributed by atoms with van der Waals surface area (Å²) in [5, 5.41) is 3.95. The molecule has 0 amide bonds. The van der Waals surface area contributed by atoms with Gasteiger partial charge in [-0.25, -0.2) is 0 Å². The van der Waals surface area contributed by atoms with E-state index in [0.717, 1.165) is 17.2 Å². The lowest BCUT2D eigenvalue weighted by Gasteiger charge is -2.16. The van der Waals surface area contributed by atoms with Crippen LogP contribution in [-0.2, 0) is 13.2 Å². The first-order valence-electron chi connectivity index (χ1n) is 7.59. The molecule has 3 aromatic rings. The Hall–Kier alpha value is -3.02. The fourth-order valence-corrected chi connectivity index (χ4v) is 2.21. The number of rotatable bonds is 7. The summed E-state index contributed by atoms with van der Waals surface area (Å²) in [7, 11) is 3.61. The minimum atomic E-state index is 0.255. The van der Waals surface area contributed by atoms with Gasteiger partial charge in [0.2, 0.25) is 11.7 Å². The summed E-state index contributed by atoms with van der Waals surface area (Å²) in [5.41, 5.74) is 1.09. The van der Waals surface area contributed by atoms with Gasteiger partial charge in [0.15, 0.2) is 6.61 Å². The molecule has 0 radical (unpaired) electrons. The van der Waals surface area contributed by atoms with Gasteiger partial charge in [-0.15, -0.1) is 0 Å². The highest BCUT2D eigenvalue weighted by atomic mass is 16.5. The van der Waals surface area contributed by atoms with E-state index in [1.54, 1.807) is 7.11 Å². The van der Waals surface area contributed by atoms with Crippen molar-refractivity contribution in [1.82, 2.24) is 10.1 Å². The lowest BCUT2D eigenvalue weighted by Crippen LogP contribution is -2.16. The second kappa shape index (κ2) is 7.50. The van der Waals surface area contributed by atoms with Gasteiger partial charge in [0, 0.05) is 12.7 Å². The molecule has 1 aromatic heterocycles. The first-order valence-corrected chi connectivity index (χ1v) is 7.59. The van der Waals surface area contributed by atoms with Gasteiger partial charge in [-0.3, -0.25) is 0 Å². The summed E-state index contributed by atoms with van der Waals surface area (Å²) in [6.45, 7) is 0.796. The van der Waals surface area contributed by atoms with Gasteiger partial charge < -0.3 is 18.9 Å². The average molecular weight is 325 g/mol. The van der Waals surface area contributed by atoms with Crippen molar-refractivity contribution in [3.8, 4) is 11.5 Å². The third-order valence-electron chi connectivity index (χ3n) is 3.51. The summed E-state index contributed by atoms with van der Waals surface area (Å²) in [6.07, 6.45) is 0. The van der Waals surface area contributed by atoms with Crippen molar-refractivity contribution in [2.24, 2.45) is 0 Å². The Bertz CT molecular complexity index is 757. The number of aromatic nitrogens is 2. The Labute approximate surface area is 140 Å². The minimum absolute atomic E-state index is 0.255. The maximum Gasteiger partial charge on any atom is 0.246 e. The highest BCUT2D eigenvalue weighted by Crippen LogP contribution is 2.18. The summed E-state index contributed by atoms with van der Waals surface area (Å²) in [6, 6.07) is 17.4. The van der Waals surface area contributed by atoms with Crippen LogP contribution in [0.5, 0.6) is 11.5 Å². The van der Waals surface area contributed by atoms with Gasteiger partial charge in [-0.05, 0) is 36.4 Å². The molecule has 3 rings (SSSR count). The van der Waals surface area contributed by atoms with E-state index in [9.17, 15) is 0 Å².